The Morgan fingerprint density at radius 2 is 1.90 bits per heavy atom. The molecule has 1 amide bonds. The van der Waals surface area contributed by atoms with Crippen LogP contribution in [0.1, 0.15) is 16.1 Å². The zero-order valence-corrected chi connectivity index (χ0v) is 10.8. The molecule has 1 aromatic carbocycles. The van der Waals surface area contributed by atoms with Crippen molar-refractivity contribution in [1.82, 2.24) is 15.3 Å². The number of aromatic nitrogens is 2. The van der Waals surface area contributed by atoms with Crippen molar-refractivity contribution in [3.05, 3.63) is 72.2 Å². The van der Waals surface area contributed by atoms with E-state index in [1.165, 1.54) is 0 Å². The lowest BCUT2D eigenvalue weighted by Crippen LogP contribution is -2.23. The summed E-state index contributed by atoms with van der Waals surface area (Å²) in [6.07, 6.45) is 3.30. The van der Waals surface area contributed by atoms with Gasteiger partial charge in [0.25, 0.3) is 5.91 Å². The standard InChI is InChI=1S/C16H13N3O/c20-16(19-11-14-6-3-4-8-17-14)13-9-12-5-1-2-7-15(12)18-10-13/h1-10H,11H2,(H,19,20). The maximum atomic E-state index is 12.1. The van der Waals surface area contributed by atoms with Gasteiger partial charge in [-0.3, -0.25) is 14.8 Å². The van der Waals surface area contributed by atoms with E-state index in [4.69, 9.17) is 0 Å². The summed E-state index contributed by atoms with van der Waals surface area (Å²) in [5.74, 6) is -0.145. The molecule has 0 saturated carbocycles. The number of amides is 1. The van der Waals surface area contributed by atoms with Crippen LogP contribution in [0.15, 0.2) is 60.9 Å². The Bertz CT molecular complexity index is 741. The molecule has 3 rings (SSSR count). The van der Waals surface area contributed by atoms with Gasteiger partial charge in [-0.2, -0.15) is 0 Å². The lowest BCUT2D eigenvalue weighted by atomic mass is 10.1. The average molecular weight is 263 g/mol. The second kappa shape index (κ2) is 5.48. The van der Waals surface area contributed by atoms with Gasteiger partial charge in [0.15, 0.2) is 0 Å². The van der Waals surface area contributed by atoms with Crippen LogP contribution in [0.3, 0.4) is 0 Å². The Labute approximate surface area is 116 Å². The Balaban J connectivity index is 1.75. The molecule has 2 heterocycles. The summed E-state index contributed by atoms with van der Waals surface area (Å²) < 4.78 is 0. The monoisotopic (exact) mass is 263 g/mol. The summed E-state index contributed by atoms with van der Waals surface area (Å²) in [6.45, 7) is 0.409. The van der Waals surface area contributed by atoms with E-state index in [9.17, 15) is 4.79 Å². The summed E-state index contributed by atoms with van der Waals surface area (Å²) >= 11 is 0. The maximum Gasteiger partial charge on any atom is 0.253 e. The number of nitrogens with zero attached hydrogens (tertiary/aromatic N) is 2. The van der Waals surface area contributed by atoms with Gasteiger partial charge < -0.3 is 5.32 Å². The van der Waals surface area contributed by atoms with Crippen molar-refractivity contribution in [3.63, 3.8) is 0 Å². The summed E-state index contributed by atoms with van der Waals surface area (Å²) in [5, 5.41) is 3.79. The minimum absolute atomic E-state index is 0.145. The van der Waals surface area contributed by atoms with E-state index in [0.29, 0.717) is 12.1 Å². The molecule has 1 N–H and O–H groups in total. The average Bonchev–Trinajstić information content (AvgIpc) is 2.53. The van der Waals surface area contributed by atoms with Crippen molar-refractivity contribution < 1.29 is 4.79 Å². The molecule has 20 heavy (non-hydrogen) atoms. The minimum Gasteiger partial charge on any atom is -0.346 e. The molecule has 2 aromatic heterocycles. The van der Waals surface area contributed by atoms with Crippen molar-refractivity contribution in [2.75, 3.05) is 0 Å². The molecule has 0 aliphatic rings. The number of carbonyl (C=O) groups is 1. The van der Waals surface area contributed by atoms with E-state index in [1.54, 1.807) is 12.4 Å². The number of nitrogens with one attached hydrogen (secondary N) is 1. The van der Waals surface area contributed by atoms with E-state index < -0.39 is 0 Å². The quantitative estimate of drug-likeness (QED) is 0.790. The largest absolute Gasteiger partial charge is 0.346 e. The number of carbonyl (C=O) groups excluding carboxylic acids is 1. The highest BCUT2D eigenvalue weighted by Crippen LogP contribution is 2.12. The van der Waals surface area contributed by atoms with Gasteiger partial charge >= 0.3 is 0 Å². The van der Waals surface area contributed by atoms with Crippen LogP contribution in [0.2, 0.25) is 0 Å². The Morgan fingerprint density at radius 1 is 1.05 bits per heavy atom. The van der Waals surface area contributed by atoms with Crippen LogP contribution in [0.25, 0.3) is 10.9 Å². The number of hydrogen-bond acceptors (Lipinski definition) is 3. The fraction of sp³-hybridized carbons (Fsp3) is 0.0625. The molecule has 0 aliphatic carbocycles. The van der Waals surface area contributed by atoms with E-state index in [0.717, 1.165) is 16.6 Å². The summed E-state index contributed by atoms with van der Waals surface area (Å²) in [6, 6.07) is 15.2. The highest BCUT2D eigenvalue weighted by molar-refractivity contribution is 5.97. The summed E-state index contributed by atoms with van der Waals surface area (Å²) in [4.78, 5) is 20.5. The lowest BCUT2D eigenvalue weighted by Gasteiger charge is -2.05. The van der Waals surface area contributed by atoms with Gasteiger partial charge in [0.1, 0.15) is 0 Å². The first kappa shape index (κ1) is 12.3. The number of fused-ring (bicyclic) bond motifs is 1. The molecule has 0 saturated heterocycles. The highest BCUT2D eigenvalue weighted by Gasteiger charge is 2.07. The van der Waals surface area contributed by atoms with Crippen molar-refractivity contribution in [2.45, 2.75) is 6.54 Å². The van der Waals surface area contributed by atoms with Crippen LogP contribution < -0.4 is 5.32 Å². The molecule has 0 atom stereocenters. The Morgan fingerprint density at radius 3 is 2.75 bits per heavy atom. The first-order valence-corrected chi connectivity index (χ1v) is 6.36. The van der Waals surface area contributed by atoms with E-state index >= 15 is 0 Å². The van der Waals surface area contributed by atoms with Gasteiger partial charge in [0.2, 0.25) is 0 Å². The maximum absolute atomic E-state index is 12.1. The molecule has 98 valence electrons. The lowest BCUT2D eigenvalue weighted by molar-refractivity contribution is 0.0950. The minimum atomic E-state index is -0.145. The molecule has 0 unspecified atom stereocenters. The van der Waals surface area contributed by atoms with Gasteiger partial charge in [-0.05, 0) is 24.3 Å². The normalized spacial score (nSPS) is 10.4. The van der Waals surface area contributed by atoms with Crippen LogP contribution in [0.5, 0.6) is 0 Å². The van der Waals surface area contributed by atoms with Gasteiger partial charge in [-0.25, -0.2) is 0 Å². The number of benzene rings is 1. The van der Waals surface area contributed by atoms with Gasteiger partial charge in [-0.15, -0.1) is 0 Å². The van der Waals surface area contributed by atoms with Crippen LogP contribution >= 0.6 is 0 Å². The Kier molecular flexibility index (Phi) is 3.37. The van der Waals surface area contributed by atoms with Crippen molar-refractivity contribution in [3.8, 4) is 0 Å². The third kappa shape index (κ3) is 2.64. The van der Waals surface area contributed by atoms with E-state index in [1.807, 2.05) is 48.5 Å². The van der Waals surface area contributed by atoms with Crippen molar-refractivity contribution in [1.29, 1.82) is 0 Å². The van der Waals surface area contributed by atoms with Crippen LogP contribution in [0, 0.1) is 0 Å². The molecule has 0 aliphatic heterocycles. The zero-order chi connectivity index (χ0) is 13.8. The fourth-order valence-corrected chi connectivity index (χ4v) is 1.97. The summed E-state index contributed by atoms with van der Waals surface area (Å²) in [5.41, 5.74) is 2.27. The van der Waals surface area contributed by atoms with Gasteiger partial charge in [0.05, 0.1) is 23.3 Å². The molecule has 0 radical (unpaired) electrons. The molecular weight excluding hydrogens is 250 g/mol. The first-order chi connectivity index (χ1) is 9.83. The Hall–Kier alpha value is -2.75. The fourth-order valence-electron chi connectivity index (χ4n) is 1.97. The van der Waals surface area contributed by atoms with E-state index in [-0.39, 0.29) is 5.91 Å². The SMILES string of the molecule is O=C(NCc1ccccn1)c1cnc2ccccc2c1. The van der Waals surface area contributed by atoms with E-state index in [2.05, 4.69) is 15.3 Å². The predicted molar refractivity (Wildman–Crippen MR) is 77.2 cm³/mol. The molecule has 0 spiro atoms. The van der Waals surface area contributed by atoms with Crippen LogP contribution in [0.4, 0.5) is 0 Å². The number of para-hydroxylation sites is 1. The number of pyridine rings is 2. The van der Waals surface area contributed by atoms with Gasteiger partial charge in [-0.1, -0.05) is 24.3 Å². The molecule has 0 bridgehead atoms. The molecule has 0 fully saturated rings. The van der Waals surface area contributed by atoms with Crippen LogP contribution in [-0.4, -0.2) is 15.9 Å². The highest BCUT2D eigenvalue weighted by atomic mass is 16.1. The number of rotatable bonds is 3. The smallest absolute Gasteiger partial charge is 0.253 e. The topological polar surface area (TPSA) is 54.9 Å². The predicted octanol–water partition coefficient (Wildman–Crippen LogP) is 2.56. The van der Waals surface area contributed by atoms with Crippen molar-refractivity contribution in [2.24, 2.45) is 0 Å². The number of hydrogen-bond donors (Lipinski definition) is 1. The van der Waals surface area contributed by atoms with Crippen LogP contribution in [-0.2, 0) is 6.54 Å². The zero-order valence-electron chi connectivity index (χ0n) is 10.8. The molecular formula is C16H13N3O. The molecule has 4 nitrogen and oxygen atoms in total. The first-order valence-electron chi connectivity index (χ1n) is 6.36. The second-order valence-corrected chi connectivity index (χ2v) is 4.42. The van der Waals surface area contributed by atoms with Crippen molar-refractivity contribution >= 4 is 16.8 Å². The summed E-state index contributed by atoms with van der Waals surface area (Å²) in [7, 11) is 0. The molecule has 3 aromatic rings. The third-order valence-corrected chi connectivity index (χ3v) is 3.01. The second-order valence-electron chi connectivity index (χ2n) is 4.42. The third-order valence-electron chi connectivity index (χ3n) is 3.01. The molecule has 4 heteroatoms. The van der Waals surface area contributed by atoms with Gasteiger partial charge in [0, 0.05) is 17.8 Å².